The van der Waals surface area contributed by atoms with E-state index in [4.69, 9.17) is 14.2 Å². The van der Waals surface area contributed by atoms with Crippen molar-refractivity contribution in [1.82, 2.24) is 10.2 Å². The van der Waals surface area contributed by atoms with Gasteiger partial charge in [0.05, 0.1) is 13.2 Å². The fourth-order valence-electron chi connectivity index (χ4n) is 3.98. The molecule has 1 aromatic rings. The molecule has 2 N–H and O–H groups in total. The van der Waals surface area contributed by atoms with Gasteiger partial charge in [0, 0.05) is 32.2 Å². The van der Waals surface area contributed by atoms with Gasteiger partial charge in [-0.25, -0.2) is 9.59 Å². The number of amides is 2. The number of carbonyl (C=O) groups is 2. The molecule has 1 unspecified atom stereocenters. The lowest BCUT2D eigenvalue weighted by atomic mass is 9.96. The Labute approximate surface area is 203 Å². The second-order valence-corrected chi connectivity index (χ2v) is 8.72. The second-order valence-electron chi connectivity index (χ2n) is 8.72. The summed E-state index contributed by atoms with van der Waals surface area (Å²) in [5.74, 6) is -0.286. The molecule has 1 aliphatic carbocycles. The Morgan fingerprint density at radius 1 is 1.06 bits per heavy atom. The molecule has 192 valence electrons. The first-order chi connectivity index (χ1) is 16.5. The molecule has 1 fully saturated rings. The minimum Gasteiger partial charge on any atom is -0.492 e. The fraction of sp³-hybridized carbons (Fsp3) is 0.692. The van der Waals surface area contributed by atoms with Gasteiger partial charge in [-0.05, 0) is 43.9 Å². The van der Waals surface area contributed by atoms with E-state index in [-0.39, 0.29) is 12.1 Å². The van der Waals surface area contributed by atoms with Crippen LogP contribution in [-0.4, -0.2) is 73.7 Å². The zero-order chi connectivity index (χ0) is 24.6. The highest BCUT2D eigenvalue weighted by molar-refractivity contribution is 5.74. The van der Waals surface area contributed by atoms with E-state index in [0.717, 1.165) is 31.2 Å². The minimum atomic E-state index is -0.965. The predicted molar refractivity (Wildman–Crippen MR) is 131 cm³/mol. The summed E-state index contributed by atoms with van der Waals surface area (Å²) in [5.41, 5.74) is 0.867. The van der Waals surface area contributed by atoms with Crippen LogP contribution in [0.3, 0.4) is 0 Å². The van der Waals surface area contributed by atoms with Gasteiger partial charge in [-0.15, -0.1) is 0 Å². The van der Waals surface area contributed by atoms with Crippen LogP contribution in [0, 0.1) is 0 Å². The zero-order valence-electron chi connectivity index (χ0n) is 20.8. The number of nitrogens with zero attached hydrogens (tertiary/aromatic N) is 1. The van der Waals surface area contributed by atoms with Crippen LogP contribution in [0.15, 0.2) is 24.3 Å². The Bertz CT molecular complexity index is 706. The monoisotopic (exact) mass is 478 g/mol. The van der Waals surface area contributed by atoms with Crippen LogP contribution in [0.2, 0.25) is 0 Å². The van der Waals surface area contributed by atoms with E-state index < -0.39 is 12.1 Å². The summed E-state index contributed by atoms with van der Waals surface area (Å²) in [5, 5.41) is 12.4. The number of hydrogen-bond acceptors (Lipinski definition) is 5. The van der Waals surface area contributed by atoms with Gasteiger partial charge in [-0.1, -0.05) is 44.7 Å². The fourth-order valence-corrected chi connectivity index (χ4v) is 3.98. The summed E-state index contributed by atoms with van der Waals surface area (Å²) in [7, 11) is 0. The lowest BCUT2D eigenvalue weighted by Crippen LogP contribution is -2.47. The molecule has 1 aliphatic rings. The molecule has 0 spiro atoms. The SMILES string of the molecule is CCCCOCCN(CCOc1ccc(CC(OCC)C(=O)O)cc1)C(=O)NC1CCCCC1. The molecular formula is C26H42N2O6. The number of carboxylic acids is 1. The maximum Gasteiger partial charge on any atom is 0.333 e. The van der Waals surface area contributed by atoms with E-state index in [1.54, 1.807) is 11.8 Å². The molecule has 0 aromatic heterocycles. The topological polar surface area (TPSA) is 97.3 Å². The first-order valence-corrected chi connectivity index (χ1v) is 12.7. The normalized spacial score (nSPS) is 15.0. The van der Waals surface area contributed by atoms with Crippen molar-refractivity contribution in [2.75, 3.05) is 39.5 Å². The number of urea groups is 1. The lowest BCUT2D eigenvalue weighted by Gasteiger charge is -2.28. The van der Waals surface area contributed by atoms with Crippen molar-refractivity contribution in [2.45, 2.75) is 77.4 Å². The average Bonchev–Trinajstić information content (AvgIpc) is 2.84. The van der Waals surface area contributed by atoms with E-state index in [0.29, 0.717) is 51.7 Å². The number of nitrogens with one attached hydrogen (secondary N) is 1. The smallest absolute Gasteiger partial charge is 0.333 e. The molecule has 2 rings (SSSR count). The summed E-state index contributed by atoms with van der Waals surface area (Å²) in [6.45, 7) is 6.83. The summed E-state index contributed by atoms with van der Waals surface area (Å²) in [6, 6.07) is 7.53. The average molecular weight is 479 g/mol. The van der Waals surface area contributed by atoms with Crippen molar-refractivity contribution in [3.8, 4) is 5.75 Å². The predicted octanol–water partition coefficient (Wildman–Crippen LogP) is 4.26. The third-order valence-corrected chi connectivity index (χ3v) is 5.99. The molecule has 8 nitrogen and oxygen atoms in total. The number of aliphatic carboxylic acids is 1. The molecule has 1 aromatic carbocycles. The highest BCUT2D eigenvalue weighted by atomic mass is 16.5. The number of rotatable bonds is 16. The third kappa shape index (κ3) is 10.7. The van der Waals surface area contributed by atoms with Gasteiger partial charge in [0.15, 0.2) is 6.10 Å². The van der Waals surface area contributed by atoms with Crippen LogP contribution in [0.1, 0.15) is 64.4 Å². The Hall–Kier alpha value is -2.32. The quantitative estimate of drug-likeness (QED) is 0.345. The maximum atomic E-state index is 12.9. The van der Waals surface area contributed by atoms with Crippen LogP contribution in [-0.2, 0) is 20.7 Å². The van der Waals surface area contributed by atoms with E-state index in [9.17, 15) is 14.7 Å². The van der Waals surface area contributed by atoms with Crippen LogP contribution in [0.4, 0.5) is 4.79 Å². The molecule has 0 saturated heterocycles. The Balaban J connectivity index is 1.83. The van der Waals surface area contributed by atoms with Crippen molar-refractivity contribution in [1.29, 1.82) is 0 Å². The molecule has 1 saturated carbocycles. The summed E-state index contributed by atoms with van der Waals surface area (Å²) in [6.07, 6.45) is 7.22. The zero-order valence-corrected chi connectivity index (χ0v) is 20.8. The van der Waals surface area contributed by atoms with Crippen LogP contribution in [0.25, 0.3) is 0 Å². The molecule has 0 radical (unpaired) electrons. The second kappa shape index (κ2) is 16.3. The van der Waals surface area contributed by atoms with Gasteiger partial charge in [0.25, 0.3) is 0 Å². The van der Waals surface area contributed by atoms with Gasteiger partial charge in [0.1, 0.15) is 12.4 Å². The van der Waals surface area contributed by atoms with E-state index in [1.807, 2.05) is 24.3 Å². The highest BCUT2D eigenvalue weighted by Gasteiger charge is 2.20. The number of ether oxygens (including phenoxy) is 3. The summed E-state index contributed by atoms with van der Waals surface area (Å²) in [4.78, 5) is 25.9. The van der Waals surface area contributed by atoms with Gasteiger partial charge in [-0.3, -0.25) is 0 Å². The number of benzene rings is 1. The number of carboxylic acid groups (broad SMARTS) is 1. The molecule has 34 heavy (non-hydrogen) atoms. The van der Waals surface area contributed by atoms with E-state index in [2.05, 4.69) is 12.2 Å². The van der Waals surface area contributed by atoms with Crippen molar-refractivity contribution in [2.24, 2.45) is 0 Å². The first kappa shape index (κ1) is 27.9. The Morgan fingerprint density at radius 2 is 1.76 bits per heavy atom. The third-order valence-electron chi connectivity index (χ3n) is 5.99. The molecule has 8 heteroatoms. The standard InChI is InChI=1S/C26H42N2O6/c1-3-5-17-32-18-15-28(26(31)27-22-9-7-6-8-10-22)16-19-34-23-13-11-21(12-14-23)20-24(25(29)30)33-4-2/h11-14,22,24H,3-10,15-20H2,1-2H3,(H,27,31)(H,29,30). The number of carbonyl (C=O) groups excluding carboxylic acids is 1. The molecule has 0 aliphatic heterocycles. The molecular weight excluding hydrogens is 436 g/mol. The largest absolute Gasteiger partial charge is 0.492 e. The van der Waals surface area contributed by atoms with Crippen LogP contribution in [0.5, 0.6) is 5.75 Å². The van der Waals surface area contributed by atoms with Crippen molar-refractivity contribution in [3.63, 3.8) is 0 Å². The van der Waals surface area contributed by atoms with Gasteiger partial charge in [-0.2, -0.15) is 0 Å². The molecule has 1 atom stereocenters. The van der Waals surface area contributed by atoms with Crippen LogP contribution < -0.4 is 10.1 Å². The summed E-state index contributed by atoms with van der Waals surface area (Å²) < 4.78 is 16.8. The Morgan fingerprint density at radius 3 is 2.41 bits per heavy atom. The van der Waals surface area contributed by atoms with Gasteiger partial charge < -0.3 is 29.5 Å². The lowest BCUT2D eigenvalue weighted by molar-refractivity contribution is -0.149. The maximum absolute atomic E-state index is 12.9. The minimum absolute atomic E-state index is 0.0550. The molecule has 2 amide bonds. The number of unbranched alkanes of at least 4 members (excludes halogenated alkanes) is 1. The Kier molecular flexibility index (Phi) is 13.4. The molecule has 0 heterocycles. The number of hydrogen-bond donors (Lipinski definition) is 2. The molecule has 0 bridgehead atoms. The van der Waals surface area contributed by atoms with E-state index >= 15 is 0 Å². The van der Waals surface area contributed by atoms with Crippen molar-refractivity contribution < 1.29 is 28.9 Å². The first-order valence-electron chi connectivity index (χ1n) is 12.7. The van der Waals surface area contributed by atoms with Crippen molar-refractivity contribution >= 4 is 12.0 Å². The van der Waals surface area contributed by atoms with E-state index in [1.165, 1.54) is 19.3 Å². The summed E-state index contributed by atoms with van der Waals surface area (Å²) >= 11 is 0. The van der Waals surface area contributed by atoms with Crippen molar-refractivity contribution in [3.05, 3.63) is 29.8 Å². The highest BCUT2D eigenvalue weighted by Crippen LogP contribution is 2.18. The van der Waals surface area contributed by atoms with Gasteiger partial charge >= 0.3 is 12.0 Å². The van der Waals surface area contributed by atoms with Gasteiger partial charge in [0.2, 0.25) is 0 Å². The van der Waals surface area contributed by atoms with Crippen LogP contribution >= 0.6 is 0 Å².